The summed E-state index contributed by atoms with van der Waals surface area (Å²) in [6.07, 6.45) is 5.11. The zero-order chi connectivity index (χ0) is 13.2. The molecule has 2 aromatic heterocycles. The number of nitrogens with zero attached hydrogens (tertiary/aromatic N) is 4. The van der Waals surface area contributed by atoms with Crippen molar-refractivity contribution in [2.24, 2.45) is 12.9 Å². The summed E-state index contributed by atoms with van der Waals surface area (Å²) in [6.45, 7) is 0. The number of para-hydroxylation sites is 1. The van der Waals surface area contributed by atoms with Gasteiger partial charge in [0.25, 0.3) is 0 Å². The quantitative estimate of drug-likeness (QED) is 0.536. The fraction of sp³-hybridized carbons (Fsp3) is 0.154. The van der Waals surface area contributed by atoms with Gasteiger partial charge in [0.2, 0.25) is 0 Å². The van der Waals surface area contributed by atoms with Gasteiger partial charge in [0, 0.05) is 31.2 Å². The molecule has 3 aromatic rings. The molecular weight excluding hydrogens is 240 g/mol. The van der Waals surface area contributed by atoms with Gasteiger partial charge in [0.1, 0.15) is 0 Å². The minimum absolute atomic E-state index is 0.173. The van der Waals surface area contributed by atoms with Crippen molar-refractivity contribution in [3.05, 3.63) is 54.1 Å². The molecule has 1 aromatic carbocycles. The SMILES string of the molecule is Cn1nccc1C(NN)c1cccc2nccnc12. The number of rotatable bonds is 3. The molecule has 96 valence electrons. The number of aryl methyl sites for hydroxylation is 1. The van der Waals surface area contributed by atoms with Crippen molar-refractivity contribution >= 4 is 11.0 Å². The molecule has 0 bridgehead atoms. The lowest BCUT2D eigenvalue weighted by molar-refractivity contribution is 0.577. The van der Waals surface area contributed by atoms with E-state index in [1.165, 1.54) is 0 Å². The maximum Gasteiger partial charge on any atom is 0.0939 e. The van der Waals surface area contributed by atoms with Crippen molar-refractivity contribution in [2.45, 2.75) is 6.04 Å². The average Bonchev–Trinajstić information content (AvgIpc) is 2.86. The van der Waals surface area contributed by atoms with Crippen LogP contribution in [0.5, 0.6) is 0 Å². The van der Waals surface area contributed by atoms with E-state index in [9.17, 15) is 0 Å². The lowest BCUT2D eigenvalue weighted by Crippen LogP contribution is -2.30. The van der Waals surface area contributed by atoms with E-state index in [4.69, 9.17) is 5.84 Å². The summed E-state index contributed by atoms with van der Waals surface area (Å²) < 4.78 is 1.79. The van der Waals surface area contributed by atoms with E-state index in [2.05, 4.69) is 20.5 Å². The highest BCUT2D eigenvalue weighted by atomic mass is 15.3. The molecule has 1 atom stereocenters. The predicted octanol–water partition coefficient (Wildman–Crippen LogP) is 0.916. The van der Waals surface area contributed by atoms with Crippen molar-refractivity contribution in [1.82, 2.24) is 25.2 Å². The Hall–Kier alpha value is -2.31. The largest absolute Gasteiger partial charge is 0.271 e. The molecule has 3 N–H and O–H groups in total. The van der Waals surface area contributed by atoms with E-state index in [0.717, 1.165) is 22.3 Å². The first-order chi connectivity index (χ1) is 9.31. The second kappa shape index (κ2) is 4.75. The molecule has 6 heteroatoms. The summed E-state index contributed by atoms with van der Waals surface area (Å²) in [5.74, 6) is 5.72. The monoisotopic (exact) mass is 254 g/mol. The summed E-state index contributed by atoms with van der Waals surface area (Å²) in [4.78, 5) is 8.71. The Kier molecular flexibility index (Phi) is 2.94. The Balaban J connectivity index is 2.20. The first kappa shape index (κ1) is 11.8. The highest BCUT2D eigenvalue weighted by molar-refractivity contribution is 5.78. The summed E-state index contributed by atoms with van der Waals surface area (Å²) in [6, 6.07) is 7.64. The average molecular weight is 254 g/mol. The van der Waals surface area contributed by atoms with Crippen LogP contribution in [0.3, 0.4) is 0 Å². The molecule has 1 unspecified atom stereocenters. The minimum atomic E-state index is -0.173. The van der Waals surface area contributed by atoms with Crippen LogP contribution in [0.4, 0.5) is 0 Å². The predicted molar refractivity (Wildman–Crippen MR) is 71.9 cm³/mol. The van der Waals surface area contributed by atoms with Gasteiger partial charge >= 0.3 is 0 Å². The second-order valence-electron chi connectivity index (χ2n) is 4.25. The first-order valence-corrected chi connectivity index (χ1v) is 5.95. The lowest BCUT2D eigenvalue weighted by Gasteiger charge is -2.17. The second-order valence-corrected chi connectivity index (χ2v) is 4.25. The van der Waals surface area contributed by atoms with Crippen LogP contribution in [-0.2, 0) is 7.05 Å². The molecule has 2 heterocycles. The van der Waals surface area contributed by atoms with Gasteiger partial charge in [0.15, 0.2) is 0 Å². The van der Waals surface area contributed by atoms with Crippen molar-refractivity contribution < 1.29 is 0 Å². The zero-order valence-corrected chi connectivity index (χ0v) is 10.5. The summed E-state index contributed by atoms with van der Waals surface area (Å²) >= 11 is 0. The minimum Gasteiger partial charge on any atom is -0.271 e. The zero-order valence-electron chi connectivity index (χ0n) is 10.5. The van der Waals surface area contributed by atoms with Crippen LogP contribution in [0.25, 0.3) is 11.0 Å². The molecule has 3 rings (SSSR count). The van der Waals surface area contributed by atoms with Gasteiger partial charge in [-0.05, 0) is 12.1 Å². The van der Waals surface area contributed by atoms with Crippen LogP contribution in [0.2, 0.25) is 0 Å². The number of nitrogens with two attached hydrogens (primary N) is 1. The number of fused-ring (bicyclic) bond motifs is 1. The number of nitrogens with one attached hydrogen (secondary N) is 1. The first-order valence-electron chi connectivity index (χ1n) is 5.95. The third kappa shape index (κ3) is 1.96. The Morgan fingerprint density at radius 1 is 1.16 bits per heavy atom. The van der Waals surface area contributed by atoms with Crippen LogP contribution in [-0.4, -0.2) is 19.7 Å². The number of hydrogen-bond acceptors (Lipinski definition) is 5. The molecule has 0 saturated heterocycles. The van der Waals surface area contributed by atoms with Gasteiger partial charge in [0.05, 0.1) is 22.8 Å². The van der Waals surface area contributed by atoms with Gasteiger partial charge in [-0.1, -0.05) is 12.1 Å². The van der Waals surface area contributed by atoms with E-state index < -0.39 is 0 Å². The van der Waals surface area contributed by atoms with Crippen LogP contribution >= 0.6 is 0 Å². The smallest absolute Gasteiger partial charge is 0.0939 e. The van der Waals surface area contributed by atoms with Gasteiger partial charge in [-0.25, -0.2) is 5.43 Å². The van der Waals surface area contributed by atoms with Gasteiger partial charge in [-0.15, -0.1) is 0 Å². The van der Waals surface area contributed by atoms with E-state index in [0.29, 0.717) is 0 Å². The summed E-state index contributed by atoms with van der Waals surface area (Å²) in [5, 5.41) is 4.18. The number of benzene rings is 1. The molecule has 0 spiro atoms. The molecular formula is C13H14N6. The molecule has 6 nitrogen and oxygen atoms in total. The standard InChI is InChI=1S/C13H14N6/c1-19-11(5-6-17-19)13(18-14)9-3-2-4-10-12(9)16-8-7-15-10/h2-8,13,18H,14H2,1H3. The number of hydrazine groups is 1. The molecule has 0 amide bonds. The van der Waals surface area contributed by atoms with Crippen molar-refractivity contribution in [3.8, 4) is 0 Å². The van der Waals surface area contributed by atoms with E-state index in [1.807, 2.05) is 31.3 Å². The van der Waals surface area contributed by atoms with Gasteiger partial charge in [-0.3, -0.25) is 20.5 Å². The van der Waals surface area contributed by atoms with E-state index in [1.54, 1.807) is 23.3 Å². The maximum atomic E-state index is 5.72. The van der Waals surface area contributed by atoms with Crippen LogP contribution in [0, 0.1) is 0 Å². The molecule has 0 aliphatic rings. The van der Waals surface area contributed by atoms with Crippen LogP contribution < -0.4 is 11.3 Å². The molecule has 0 aliphatic heterocycles. The molecule has 0 saturated carbocycles. The molecule has 0 fully saturated rings. The molecule has 0 radical (unpaired) electrons. The Bertz CT molecular complexity index is 700. The van der Waals surface area contributed by atoms with Crippen LogP contribution in [0.1, 0.15) is 17.3 Å². The maximum absolute atomic E-state index is 5.72. The third-order valence-electron chi connectivity index (χ3n) is 3.16. The van der Waals surface area contributed by atoms with Crippen molar-refractivity contribution in [1.29, 1.82) is 0 Å². The molecule has 0 aliphatic carbocycles. The highest BCUT2D eigenvalue weighted by Gasteiger charge is 2.18. The number of aromatic nitrogens is 4. The van der Waals surface area contributed by atoms with Crippen LogP contribution in [0.15, 0.2) is 42.9 Å². The normalized spacial score (nSPS) is 12.7. The Morgan fingerprint density at radius 2 is 2.00 bits per heavy atom. The topological polar surface area (TPSA) is 81.7 Å². The molecule has 19 heavy (non-hydrogen) atoms. The van der Waals surface area contributed by atoms with E-state index >= 15 is 0 Å². The van der Waals surface area contributed by atoms with Crippen molar-refractivity contribution in [3.63, 3.8) is 0 Å². The fourth-order valence-electron chi connectivity index (χ4n) is 2.25. The van der Waals surface area contributed by atoms with Gasteiger partial charge < -0.3 is 0 Å². The summed E-state index contributed by atoms with van der Waals surface area (Å²) in [7, 11) is 1.89. The summed E-state index contributed by atoms with van der Waals surface area (Å²) in [5.41, 5.74) is 6.47. The third-order valence-corrected chi connectivity index (χ3v) is 3.16. The highest BCUT2D eigenvalue weighted by Crippen LogP contribution is 2.25. The van der Waals surface area contributed by atoms with E-state index in [-0.39, 0.29) is 6.04 Å². The lowest BCUT2D eigenvalue weighted by atomic mass is 10.0. The van der Waals surface area contributed by atoms with Gasteiger partial charge in [-0.2, -0.15) is 5.10 Å². The Labute approximate surface area is 110 Å². The Morgan fingerprint density at radius 3 is 2.74 bits per heavy atom. The number of hydrogen-bond donors (Lipinski definition) is 2. The van der Waals surface area contributed by atoms with Crippen molar-refractivity contribution in [2.75, 3.05) is 0 Å². The fourth-order valence-corrected chi connectivity index (χ4v) is 2.25.